The van der Waals surface area contributed by atoms with Gasteiger partial charge in [-0.05, 0) is 12.8 Å². The van der Waals surface area contributed by atoms with E-state index in [0.29, 0.717) is 32.7 Å². The molecule has 2 amide bonds. The number of amides is 2. The van der Waals surface area contributed by atoms with E-state index in [1.807, 2.05) is 0 Å². The molecule has 2 N–H and O–H groups in total. The number of halogens is 1. The Morgan fingerprint density at radius 1 is 1.44 bits per heavy atom. The Bertz CT molecular complexity index is 288. The van der Waals surface area contributed by atoms with Crippen molar-refractivity contribution >= 4 is 27.9 Å². The fraction of sp³-hybridized carbons (Fsp3) is 0.818. The molecule has 1 aliphatic rings. The van der Waals surface area contributed by atoms with Crippen LogP contribution in [0.25, 0.3) is 0 Å². The average Bonchev–Trinajstić information content (AvgIpc) is 2.55. The topological polar surface area (TPSA) is 78.9 Å². The molecule has 7 heteroatoms. The van der Waals surface area contributed by atoms with Crippen LogP contribution in [0.15, 0.2) is 0 Å². The normalized spacial score (nSPS) is 20.3. The van der Waals surface area contributed by atoms with E-state index in [1.165, 1.54) is 4.90 Å². The first-order chi connectivity index (χ1) is 8.63. The van der Waals surface area contributed by atoms with Gasteiger partial charge in [0.1, 0.15) is 0 Å². The molecule has 1 aliphatic heterocycles. The van der Waals surface area contributed by atoms with Crippen molar-refractivity contribution in [2.75, 3.05) is 31.6 Å². The highest BCUT2D eigenvalue weighted by atomic mass is 79.9. The minimum Gasteiger partial charge on any atom is -0.465 e. The first-order valence-corrected chi connectivity index (χ1v) is 7.16. The first-order valence-electron chi connectivity index (χ1n) is 6.04. The molecule has 0 aliphatic carbocycles. The summed E-state index contributed by atoms with van der Waals surface area (Å²) in [6, 6.07) is -0.250. The number of nitrogens with one attached hydrogen (secondary N) is 1. The number of ether oxygens (including phenoxy) is 1. The zero-order valence-corrected chi connectivity index (χ0v) is 11.8. The van der Waals surface area contributed by atoms with Gasteiger partial charge in [-0.2, -0.15) is 0 Å². The van der Waals surface area contributed by atoms with Gasteiger partial charge in [0, 0.05) is 24.8 Å². The van der Waals surface area contributed by atoms with Crippen LogP contribution in [0.5, 0.6) is 0 Å². The molecule has 1 fully saturated rings. The number of rotatable bonds is 5. The molecular weight excluding hydrogens is 304 g/mol. The molecule has 1 heterocycles. The molecule has 0 radical (unpaired) electrons. The van der Waals surface area contributed by atoms with E-state index in [2.05, 4.69) is 21.2 Å². The summed E-state index contributed by atoms with van der Waals surface area (Å²) in [6.07, 6.45) is 1.28. The SMILES string of the molecule is O=C(CCCCBr)NC1COCCN(C(=O)O)C1. The Labute approximate surface area is 115 Å². The summed E-state index contributed by atoms with van der Waals surface area (Å²) in [4.78, 5) is 23.8. The van der Waals surface area contributed by atoms with E-state index >= 15 is 0 Å². The Morgan fingerprint density at radius 3 is 2.89 bits per heavy atom. The third-order valence-electron chi connectivity index (χ3n) is 2.69. The van der Waals surface area contributed by atoms with Crippen LogP contribution < -0.4 is 5.32 Å². The number of carbonyl (C=O) groups excluding carboxylic acids is 1. The number of unbranched alkanes of at least 4 members (excludes halogenated alkanes) is 1. The van der Waals surface area contributed by atoms with E-state index in [9.17, 15) is 9.59 Å². The molecular formula is C11H19BrN2O4. The van der Waals surface area contributed by atoms with Crippen molar-refractivity contribution in [1.29, 1.82) is 0 Å². The quantitative estimate of drug-likeness (QED) is 0.585. The molecule has 0 aromatic heterocycles. The molecule has 0 bridgehead atoms. The second-order valence-corrected chi connectivity index (χ2v) is 5.01. The van der Waals surface area contributed by atoms with Crippen molar-refractivity contribution in [1.82, 2.24) is 10.2 Å². The monoisotopic (exact) mass is 322 g/mol. The van der Waals surface area contributed by atoms with Gasteiger partial charge in [-0.3, -0.25) is 4.79 Å². The fourth-order valence-electron chi connectivity index (χ4n) is 1.75. The summed E-state index contributed by atoms with van der Waals surface area (Å²) in [7, 11) is 0. The Balaban J connectivity index is 2.34. The summed E-state index contributed by atoms with van der Waals surface area (Å²) < 4.78 is 5.29. The standard InChI is InChI=1S/C11H19BrN2O4/c12-4-2-1-3-10(15)13-9-7-14(11(16)17)5-6-18-8-9/h9H,1-8H2,(H,13,15)(H,16,17). The molecule has 104 valence electrons. The Morgan fingerprint density at radius 2 is 2.22 bits per heavy atom. The molecule has 1 rings (SSSR count). The van der Waals surface area contributed by atoms with Gasteiger partial charge in [0.2, 0.25) is 5.91 Å². The highest BCUT2D eigenvalue weighted by molar-refractivity contribution is 9.09. The summed E-state index contributed by atoms with van der Waals surface area (Å²) in [5.74, 6) is -0.0446. The number of hydrogen-bond donors (Lipinski definition) is 2. The van der Waals surface area contributed by atoms with Crippen molar-refractivity contribution in [3.8, 4) is 0 Å². The highest BCUT2D eigenvalue weighted by Crippen LogP contribution is 2.03. The molecule has 0 aromatic rings. The van der Waals surface area contributed by atoms with E-state index < -0.39 is 6.09 Å². The van der Waals surface area contributed by atoms with Crippen LogP contribution in [-0.4, -0.2) is 59.7 Å². The smallest absolute Gasteiger partial charge is 0.407 e. The number of nitrogens with zero attached hydrogens (tertiary/aromatic N) is 1. The Hall–Kier alpha value is -0.820. The minimum atomic E-state index is -0.973. The van der Waals surface area contributed by atoms with Gasteiger partial charge in [0.25, 0.3) is 0 Å². The van der Waals surface area contributed by atoms with Crippen molar-refractivity contribution < 1.29 is 19.4 Å². The zero-order chi connectivity index (χ0) is 13.4. The lowest BCUT2D eigenvalue weighted by Gasteiger charge is -2.21. The lowest BCUT2D eigenvalue weighted by atomic mass is 10.2. The molecule has 0 aromatic carbocycles. The maximum Gasteiger partial charge on any atom is 0.407 e. The first kappa shape index (κ1) is 15.2. The third-order valence-corrected chi connectivity index (χ3v) is 3.25. The van der Waals surface area contributed by atoms with Crippen LogP contribution in [0.2, 0.25) is 0 Å². The second-order valence-electron chi connectivity index (χ2n) is 4.21. The molecule has 0 saturated carbocycles. The van der Waals surface area contributed by atoms with Gasteiger partial charge < -0.3 is 20.1 Å². The van der Waals surface area contributed by atoms with Crippen LogP contribution in [0.1, 0.15) is 19.3 Å². The van der Waals surface area contributed by atoms with Crippen LogP contribution in [0, 0.1) is 0 Å². The van der Waals surface area contributed by atoms with E-state index in [0.717, 1.165) is 18.2 Å². The fourth-order valence-corrected chi connectivity index (χ4v) is 2.15. The Kier molecular flexibility index (Phi) is 7.04. The molecule has 6 nitrogen and oxygen atoms in total. The maximum atomic E-state index is 11.6. The zero-order valence-electron chi connectivity index (χ0n) is 10.2. The summed E-state index contributed by atoms with van der Waals surface area (Å²) in [6.45, 7) is 1.39. The summed E-state index contributed by atoms with van der Waals surface area (Å²) >= 11 is 3.31. The highest BCUT2D eigenvalue weighted by Gasteiger charge is 2.22. The van der Waals surface area contributed by atoms with Gasteiger partial charge in [-0.15, -0.1) is 0 Å². The van der Waals surface area contributed by atoms with Gasteiger partial charge in [0.15, 0.2) is 0 Å². The van der Waals surface area contributed by atoms with Crippen molar-refractivity contribution in [3.05, 3.63) is 0 Å². The third kappa shape index (κ3) is 5.68. The minimum absolute atomic E-state index is 0.0446. The number of carbonyl (C=O) groups is 2. The number of alkyl halides is 1. The van der Waals surface area contributed by atoms with Crippen molar-refractivity contribution in [2.24, 2.45) is 0 Å². The predicted octanol–water partition coefficient (Wildman–Crippen LogP) is 1.05. The molecule has 1 saturated heterocycles. The largest absolute Gasteiger partial charge is 0.465 e. The van der Waals surface area contributed by atoms with E-state index in [-0.39, 0.29) is 11.9 Å². The van der Waals surface area contributed by atoms with Crippen LogP contribution in [0.3, 0.4) is 0 Å². The van der Waals surface area contributed by atoms with Gasteiger partial charge in [-0.25, -0.2) is 4.79 Å². The molecule has 0 spiro atoms. The van der Waals surface area contributed by atoms with Crippen LogP contribution in [-0.2, 0) is 9.53 Å². The van der Waals surface area contributed by atoms with Crippen LogP contribution >= 0.6 is 15.9 Å². The second kappa shape index (κ2) is 8.31. The predicted molar refractivity (Wildman–Crippen MR) is 70.0 cm³/mol. The van der Waals surface area contributed by atoms with Crippen molar-refractivity contribution in [2.45, 2.75) is 25.3 Å². The lowest BCUT2D eigenvalue weighted by molar-refractivity contribution is -0.122. The van der Waals surface area contributed by atoms with Gasteiger partial charge in [0.05, 0.1) is 19.3 Å². The average molecular weight is 323 g/mol. The lowest BCUT2D eigenvalue weighted by Crippen LogP contribution is -2.46. The molecule has 1 atom stereocenters. The maximum absolute atomic E-state index is 11.6. The van der Waals surface area contributed by atoms with Crippen LogP contribution in [0.4, 0.5) is 4.79 Å². The van der Waals surface area contributed by atoms with E-state index in [4.69, 9.17) is 9.84 Å². The summed E-state index contributed by atoms with van der Waals surface area (Å²) in [5, 5.41) is 12.6. The summed E-state index contributed by atoms with van der Waals surface area (Å²) in [5.41, 5.74) is 0. The van der Waals surface area contributed by atoms with E-state index in [1.54, 1.807) is 0 Å². The van der Waals surface area contributed by atoms with Gasteiger partial charge in [-0.1, -0.05) is 15.9 Å². The van der Waals surface area contributed by atoms with Crippen molar-refractivity contribution in [3.63, 3.8) is 0 Å². The van der Waals surface area contributed by atoms with Gasteiger partial charge >= 0.3 is 6.09 Å². The molecule has 1 unspecified atom stereocenters. The molecule has 18 heavy (non-hydrogen) atoms. The number of hydrogen-bond acceptors (Lipinski definition) is 3. The number of carboxylic acid groups (broad SMARTS) is 1.